The molecule has 6 rings (SSSR count). The maximum Gasteiger partial charge on any atom is 0.273 e. The van der Waals surface area contributed by atoms with E-state index in [9.17, 15) is 9.90 Å². The molecule has 0 fully saturated rings. The number of phenolic OH excluding ortho intramolecular Hbond substituents is 1. The lowest BCUT2D eigenvalue weighted by Crippen LogP contribution is -2.29. The summed E-state index contributed by atoms with van der Waals surface area (Å²) in [6.45, 7) is 4.47. The number of nitrogens with one attached hydrogen (secondary N) is 1. The Hall–Kier alpha value is -4.98. The third kappa shape index (κ3) is 4.47. The molecule has 3 aromatic carbocycles. The fourth-order valence-electron chi connectivity index (χ4n) is 5.33. The number of fused-ring (bicyclic) bond motifs is 1. The molecule has 2 aromatic heterocycles. The maximum atomic E-state index is 13.7. The van der Waals surface area contributed by atoms with Crippen molar-refractivity contribution in [1.82, 2.24) is 15.1 Å². The minimum Gasteiger partial charge on any atom is -0.507 e. The summed E-state index contributed by atoms with van der Waals surface area (Å²) >= 11 is 0. The third-order valence-corrected chi connectivity index (χ3v) is 7.21. The third-order valence-electron chi connectivity index (χ3n) is 7.21. The molecule has 8 nitrogen and oxygen atoms in total. The highest BCUT2D eigenvalue weighted by Crippen LogP contribution is 2.47. The van der Waals surface area contributed by atoms with Crippen molar-refractivity contribution in [3.8, 4) is 28.5 Å². The number of furan rings is 1. The minimum atomic E-state index is -0.515. The number of ether oxygens (including phenoxy) is 2. The number of carbonyl (C=O) groups is 1. The van der Waals surface area contributed by atoms with E-state index in [4.69, 9.17) is 13.9 Å². The van der Waals surface area contributed by atoms with Gasteiger partial charge in [-0.3, -0.25) is 9.89 Å². The summed E-state index contributed by atoms with van der Waals surface area (Å²) in [6, 6.07) is 22.5. The van der Waals surface area contributed by atoms with E-state index in [0.717, 1.165) is 22.3 Å². The average Bonchev–Trinajstić information content (AvgIpc) is 3.69. The number of rotatable bonds is 8. The van der Waals surface area contributed by atoms with E-state index in [0.29, 0.717) is 46.4 Å². The van der Waals surface area contributed by atoms with E-state index in [2.05, 4.69) is 10.2 Å². The second kappa shape index (κ2) is 10.3. The second-order valence-electron chi connectivity index (χ2n) is 9.94. The van der Waals surface area contributed by atoms with Crippen molar-refractivity contribution in [2.75, 3.05) is 7.11 Å². The molecule has 1 amide bonds. The summed E-state index contributed by atoms with van der Waals surface area (Å²) in [6.07, 6.45) is 1.59. The molecule has 0 saturated heterocycles. The van der Waals surface area contributed by atoms with Crippen LogP contribution in [-0.2, 0) is 13.2 Å². The van der Waals surface area contributed by atoms with Gasteiger partial charge in [-0.05, 0) is 66.4 Å². The zero-order valence-corrected chi connectivity index (χ0v) is 22.5. The number of amides is 1. The van der Waals surface area contributed by atoms with E-state index in [1.165, 1.54) is 0 Å². The van der Waals surface area contributed by atoms with Gasteiger partial charge < -0.3 is 23.9 Å². The second-order valence-corrected chi connectivity index (χ2v) is 9.94. The lowest BCUT2D eigenvalue weighted by atomic mass is 9.94. The number of aromatic nitrogens is 2. The SMILES string of the molecule is COc1cc(C2c3c(-c4cc(C)cc(C)c4O)n[nH]c3C(=O)N2Cc2ccco2)ccc1OCc1ccccc1. The van der Waals surface area contributed by atoms with Crippen LogP contribution in [0, 0.1) is 13.8 Å². The molecule has 1 aliphatic heterocycles. The molecule has 2 N–H and O–H groups in total. The summed E-state index contributed by atoms with van der Waals surface area (Å²) in [5, 5.41) is 18.5. The van der Waals surface area contributed by atoms with Gasteiger partial charge in [0, 0.05) is 11.1 Å². The molecule has 0 aliphatic carbocycles. The normalized spacial score (nSPS) is 14.4. The van der Waals surface area contributed by atoms with Gasteiger partial charge in [-0.15, -0.1) is 0 Å². The van der Waals surface area contributed by atoms with Gasteiger partial charge in [0.25, 0.3) is 5.91 Å². The number of aromatic amines is 1. The first kappa shape index (κ1) is 25.3. The summed E-state index contributed by atoms with van der Waals surface area (Å²) < 4.78 is 17.4. The lowest BCUT2D eigenvalue weighted by molar-refractivity contribution is 0.0716. The minimum absolute atomic E-state index is 0.137. The largest absolute Gasteiger partial charge is 0.507 e. The highest BCUT2D eigenvalue weighted by Gasteiger charge is 2.43. The Balaban J connectivity index is 1.44. The van der Waals surface area contributed by atoms with Crippen molar-refractivity contribution in [3.63, 3.8) is 0 Å². The zero-order valence-electron chi connectivity index (χ0n) is 22.5. The summed E-state index contributed by atoms with van der Waals surface area (Å²) in [4.78, 5) is 15.5. The Morgan fingerprint density at radius 3 is 2.60 bits per heavy atom. The summed E-state index contributed by atoms with van der Waals surface area (Å²) in [5.41, 5.74) is 5.75. The molecular weight excluding hydrogens is 506 g/mol. The Morgan fingerprint density at radius 2 is 1.85 bits per heavy atom. The number of H-pyrrole nitrogens is 1. The van der Waals surface area contributed by atoms with Gasteiger partial charge >= 0.3 is 0 Å². The molecule has 0 saturated carbocycles. The van der Waals surface area contributed by atoms with Crippen molar-refractivity contribution in [1.29, 1.82) is 0 Å². The molecule has 1 aliphatic rings. The lowest BCUT2D eigenvalue weighted by Gasteiger charge is -2.26. The number of hydrogen-bond acceptors (Lipinski definition) is 6. The quantitative estimate of drug-likeness (QED) is 0.241. The fourth-order valence-corrected chi connectivity index (χ4v) is 5.33. The first-order chi connectivity index (χ1) is 19.4. The van der Waals surface area contributed by atoms with Crippen molar-refractivity contribution in [2.24, 2.45) is 0 Å². The summed E-state index contributed by atoms with van der Waals surface area (Å²) in [5.74, 6) is 1.73. The number of benzene rings is 3. The first-order valence-electron chi connectivity index (χ1n) is 13.0. The van der Waals surface area contributed by atoms with Crippen LogP contribution in [0.1, 0.15) is 50.1 Å². The van der Waals surface area contributed by atoms with E-state index >= 15 is 0 Å². The zero-order chi connectivity index (χ0) is 27.8. The standard InChI is InChI=1S/C32H29N3O5/c1-19-14-20(2)31(36)24(15-19)28-27-29(34-33-28)32(37)35(17-23-10-7-13-39-23)30(27)22-11-12-25(26(16-22)38-3)40-18-21-8-5-4-6-9-21/h4-16,30,36H,17-18H2,1-3H3,(H,33,34). The molecule has 202 valence electrons. The Morgan fingerprint density at radius 1 is 1.02 bits per heavy atom. The molecule has 0 bridgehead atoms. The molecule has 1 atom stereocenters. The smallest absolute Gasteiger partial charge is 0.273 e. The summed E-state index contributed by atoms with van der Waals surface area (Å²) in [7, 11) is 1.59. The average molecular weight is 536 g/mol. The van der Waals surface area contributed by atoms with Crippen molar-refractivity contribution in [2.45, 2.75) is 33.0 Å². The van der Waals surface area contributed by atoms with Gasteiger partial charge in [0.05, 0.1) is 26.0 Å². The monoisotopic (exact) mass is 535 g/mol. The Bertz CT molecular complexity index is 1670. The number of hydrogen-bond donors (Lipinski definition) is 2. The molecular formula is C32H29N3O5. The molecule has 0 radical (unpaired) electrons. The van der Waals surface area contributed by atoms with Crippen LogP contribution in [0.2, 0.25) is 0 Å². The van der Waals surface area contributed by atoms with Crippen LogP contribution < -0.4 is 9.47 Å². The van der Waals surface area contributed by atoms with Crippen LogP contribution >= 0.6 is 0 Å². The molecule has 1 unspecified atom stereocenters. The van der Waals surface area contributed by atoms with Crippen LogP contribution in [0.25, 0.3) is 11.3 Å². The van der Waals surface area contributed by atoms with E-state index in [1.54, 1.807) is 24.3 Å². The maximum absolute atomic E-state index is 13.7. The Labute approximate surface area is 231 Å². The van der Waals surface area contributed by atoms with Crippen LogP contribution in [-0.4, -0.2) is 33.2 Å². The number of phenols is 1. The topological polar surface area (TPSA) is 101 Å². The highest BCUT2D eigenvalue weighted by atomic mass is 16.5. The van der Waals surface area contributed by atoms with Gasteiger partial charge in [0.1, 0.15) is 29.5 Å². The predicted octanol–water partition coefficient (Wildman–Crippen LogP) is 6.33. The van der Waals surface area contributed by atoms with Crippen molar-refractivity contribution < 1.29 is 23.8 Å². The highest BCUT2D eigenvalue weighted by molar-refractivity contribution is 6.00. The number of aromatic hydroxyl groups is 1. The first-order valence-corrected chi connectivity index (χ1v) is 13.0. The fraction of sp³-hybridized carbons (Fsp3) is 0.188. The van der Waals surface area contributed by atoms with Crippen LogP contribution in [0.3, 0.4) is 0 Å². The number of aryl methyl sites for hydroxylation is 2. The van der Waals surface area contributed by atoms with Gasteiger partial charge in [0.2, 0.25) is 0 Å². The van der Waals surface area contributed by atoms with Crippen LogP contribution in [0.4, 0.5) is 0 Å². The molecule has 0 spiro atoms. The van der Waals surface area contributed by atoms with Crippen LogP contribution in [0.5, 0.6) is 17.2 Å². The van der Waals surface area contributed by atoms with Gasteiger partial charge in [-0.1, -0.05) is 42.5 Å². The Kier molecular flexibility index (Phi) is 6.51. The van der Waals surface area contributed by atoms with Crippen molar-refractivity contribution >= 4 is 5.91 Å². The number of carbonyl (C=O) groups excluding carboxylic acids is 1. The number of nitrogens with zero attached hydrogens (tertiary/aromatic N) is 2. The number of methoxy groups -OCH3 is 1. The van der Waals surface area contributed by atoms with Gasteiger partial charge in [0.15, 0.2) is 11.5 Å². The molecule has 3 heterocycles. The molecule has 5 aromatic rings. The molecule has 40 heavy (non-hydrogen) atoms. The van der Waals surface area contributed by atoms with E-state index in [1.807, 2.05) is 80.6 Å². The predicted molar refractivity (Wildman–Crippen MR) is 149 cm³/mol. The van der Waals surface area contributed by atoms with E-state index in [-0.39, 0.29) is 18.2 Å². The molecule has 8 heteroatoms. The van der Waals surface area contributed by atoms with Crippen LogP contribution in [0.15, 0.2) is 83.5 Å². The van der Waals surface area contributed by atoms with E-state index < -0.39 is 6.04 Å². The van der Waals surface area contributed by atoms with Gasteiger partial charge in [-0.2, -0.15) is 5.10 Å². The van der Waals surface area contributed by atoms with Gasteiger partial charge in [-0.25, -0.2) is 0 Å². The van der Waals surface area contributed by atoms with Crippen molar-refractivity contribution in [3.05, 3.63) is 118 Å².